The van der Waals surface area contributed by atoms with E-state index in [0.717, 1.165) is 0 Å². The number of amides is 1. The smallest absolute Gasteiger partial charge is 0.408 e. The maximum absolute atomic E-state index is 12.0. The summed E-state index contributed by atoms with van der Waals surface area (Å²) in [5.74, 6) is 0.138. The Morgan fingerprint density at radius 2 is 1.82 bits per heavy atom. The van der Waals surface area contributed by atoms with E-state index in [2.05, 4.69) is 10.1 Å². The lowest BCUT2D eigenvalue weighted by Crippen LogP contribution is -2.36. The standard InChI is InChI=1S/C16H23NO5/c1-16(2,3)22-15(19)17-12(10-14(18)21-5)11-8-6-7-9-13(11)20-4/h6-9,12H,10H2,1-5H3,(H,17,19). The fourth-order valence-corrected chi connectivity index (χ4v) is 1.89. The molecule has 1 atom stereocenters. The van der Waals surface area contributed by atoms with Crippen molar-refractivity contribution in [2.45, 2.75) is 38.8 Å². The van der Waals surface area contributed by atoms with Crippen molar-refractivity contribution in [1.29, 1.82) is 0 Å². The summed E-state index contributed by atoms with van der Waals surface area (Å²) in [6.45, 7) is 5.31. The molecule has 0 aromatic heterocycles. The number of ether oxygens (including phenoxy) is 3. The summed E-state index contributed by atoms with van der Waals surface area (Å²) in [6, 6.07) is 6.56. The number of alkyl carbamates (subject to hydrolysis) is 1. The van der Waals surface area contributed by atoms with Gasteiger partial charge in [-0.1, -0.05) is 18.2 Å². The second-order valence-electron chi connectivity index (χ2n) is 5.72. The molecule has 0 saturated heterocycles. The van der Waals surface area contributed by atoms with E-state index in [0.29, 0.717) is 11.3 Å². The van der Waals surface area contributed by atoms with Gasteiger partial charge in [-0.2, -0.15) is 0 Å². The van der Waals surface area contributed by atoms with Crippen LogP contribution < -0.4 is 10.1 Å². The Bertz CT molecular complexity index is 522. The molecule has 6 heteroatoms. The van der Waals surface area contributed by atoms with E-state index < -0.39 is 23.7 Å². The van der Waals surface area contributed by atoms with Gasteiger partial charge in [0.05, 0.1) is 26.7 Å². The van der Waals surface area contributed by atoms with Crippen molar-refractivity contribution in [3.05, 3.63) is 29.8 Å². The number of carbonyl (C=O) groups excluding carboxylic acids is 2. The number of hydrogen-bond donors (Lipinski definition) is 1. The van der Waals surface area contributed by atoms with Gasteiger partial charge in [0, 0.05) is 5.56 Å². The van der Waals surface area contributed by atoms with Crippen molar-refractivity contribution in [2.24, 2.45) is 0 Å². The highest BCUT2D eigenvalue weighted by Crippen LogP contribution is 2.27. The normalized spacial score (nSPS) is 12.2. The Labute approximate surface area is 130 Å². The zero-order valence-electron chi connectivity index (χ0n) is 13.6. The van der Waals surface area contributed by atoms with Gasteiger partial charge < -0.3 is 19.5 Å². The molecule has 0 radical (unpaired) electrons. The Balaban J connectivity index is 2.98. The lowest BCUT2D eigenvalue weighted by molar-refractivity contribution is -0.141. The topological polar surface area (TPSA) is 73.9 Å². The molecule has 1 amide bonds. The molecule has 0 bridgehead atoms. The SMILES string of the molecule is COC(=O)CC(NC(=O)OC(C)(C)C)c1ccccc1OC. The van der Waals surface area contributed by atoms with E-state index in [4.69, 9.17) is 9.47 Å². The monoisotopic (exact) mass is 309 g/mol. The predicted octanol–water partition coefficient (Wildman–Crippen LogP) is 2.82. The average molecular weight is 309 g/mol. The molecule has 122 valence electrons. The van der Waals surface area contributed by atoms with Gasteiger partial charge in [-0.25, -0.2) is 4.79 Å². The number of carbonyl (C=O) groups is 2. The Morgan fingerprint density at radius 3 is 2.36 bits per heavy atom. The predicted molar refractivity (Wildman–Crippen MR) is 81.7 cm³/mol. The van der Waals surface area contributed by atoms with Crippen LogP contribution in [0.5, 0.6) is 5.75 Å². The van der Waals surface area contributed by atoms with Gasteiger partial charge in [0.15, 0.2) is 0 Å². The Morgan fingerprint density at radius 1 is 1.18 bits per heavy atom. The van der Waals surface area contributed by atoms with Crippen LogP contribution in [0.25, 0.3) is 0 Å². The molecule has 1 aromatic carbocycles. The Kier molecular flexibility index (Phi) is 6.22. The summed E-state index contributed by atoms with van der Waals surface area (Å²) in [6.07, 6.45) is -0.622. The number of esters is 1. The number of para-hydroxylation sites is 1. The van der Waals surface area contributed by atoms with Crippen molar-refractivity contribution in [1.82, 2.24) is 5.32 Å². The molecule has 0 spiro atoms. The third kappa shape index (κ3) is 5.63. The summed E-state index contributed by atoms with van der Waals surface area (Å²) in [4.78, 5) is 23.6. The van der Waals surface area contributed by atoms with Crippen LogP contribution in [0, 0.1) is 0 Å². The fraction of sp³-hybridized carbons (Fsp3) is 0.500. The van der Waals surface area contributed by atoms with Crippen LogP contribution >= 0.6 is 0 Å². The van der Waals surface area contributed by atoms with E-state index in [-0.39, 0.29) is 6.42 Å². The number of benzene rings is 1. The van der Waals surface area contributed by atoms with Crippen LogP contribution in [0.1, 0.15) is 38.8 Å². The molecule has 1 unspecified atom stereocenters. The van der Waals surface area contributed by atoms with Crippen LogP contribution in [0.4, 0.5) is 4.79 Å². The number of nitrogens with one attached hydrogen (secondary N) is 1. The largest absolute Gasteiger partial charge is 0.496 e. The average Bonchev–Trinajstić information content (AvgIpc) is 2.44. The summed E-state index contributed by atoms with van der Waals surface area (Å²) in [7, 11) is 2.83. The molecule has 22 heavy (non-hydrogen) atoms. The number of methoxy groups -OCH3 is 2. The van der Waals surface area contributed by atoms with Gasteiger partial charge in [0.25, 0.3) is 0 Å². The lowest BCUT2D eigenvalue weighted by atomic mass is 10.0. The first-order valence-electron chi connectivity index (χ1n) is 6.96. The van der Waals surface area contributed by atoms with Gasteiger partial charge in [-0.3, -0.25) is 4.79 Å². The zero-order chi connectivity index (χ0) is 16.8. The molecule has 0 aliphatic carbocycles. The second-order valence-corrected chi connectivity index (χ2v) is 5.72. The molecular weight excluding hydrogens is 286 g/mol. The summed E-state index contributed by atoms with van der Waals surface area (Å²) >= 11 is 0. The van der Waals surface area contributed by atoms with Crippen molar-refractivity contribution < 1.29 is 23.8 Å². The molecule has 1 rings (SSSR count). The van der Waals surface area contributed by atoms with Gasteiger partial charge >= 0.3 is 12.1 Å². The maximum Gasteiger partial charge on any atom is 0.408 e. The first-order chi connectivity index (χ1) is 10.3. The van der Waals surface area contributed by atoms with E-state index in [9.17, 15) is 9.59 Å². The first-order valence-corrected chi connectivity index (χ1v) is 6.96. The molecular formula is C16H23NO5. The molecule has 6 nitrogen and oxygen atoms in total. The van der Waals surface area contributed by atoms with E-state index in [1.54, 1.807) is 39.0 Å². The summed E-state index contributed by atoms with van der Waals surface area (Å²) in [5.41, 5.74) is 0.0574. The minimum atomic E-state index is -0.624. The van der Waals surface area contributed by atoms with Gasteiger partial charge in [0.1, 0.15) is 11.4 Å². The molecule has 0 heterocycles. The first kappa shape index (κ1) is 17.8. The van der Waals surface area contributed by atoms with Crippen LogP contribution in [0.2, 0.25) is 0 Å². The molecule has 1 N–H and O–H groups in total. The van der Waals surface area contributed by atoms with Crippen molar-refractivity contribution in [3.63, 3.8) is 0 Å². The highest BCUT2D eigenvalue weighted by Gasteiger charge is 2.24. The molecule has 0 aliphatic heterocycles. The zero-order valence-corrected chi connectivity index (χ0v) is 13.6. The van der Waals surface area contributed by atoms with Crippen molar-refractivity contribution in [2.75, 3.05) is 14.2 Å². The van der Waals surface area contributed by atoms with Crippen LogP contribution in [0.15, 0.2) is 24.3 Å². The lowest BCUT2D eigenvalue weighted by Gasteiger charge is -2.24. The quantitative estimate of drug-likeness (QED) is 0.847. The van der Waals surface area contributed by atoms with Crippen LogP contribution in [-0.2, 0) is 14.3 Å². The van der Waals surface area contributed by atoms with Gasteiger partial charge in [0.2, 0.25) is 0 Å². The van der Waals surface area contributed by atoms with Crippen molar-refractivity contribution in [3.8, 4) is 5.75 Å². The second kappa shape index (κ2) is 7.68. The Hall–Kier alpha value is -2.24. The van der Waals surface area contributed by atoms with E-state index in [1.165, 1.54) is 14.2 Å². The molecule has 0 saturated carbocycles. The molecule has 0 aliphatic rings. The minimum Gasteiger partial charge on any atom is -0.496 e. The fourth-order valence-electron chi connectivity index (χ4n) is 1.89. The van der Waals surface area contributed by atoms with Crippen molar-refractivity contribution >= 4 is 12.1 Å². The van der Waals surface area contributed by atoms with Gasteiger partial charge in [-0.15, -0.1) is 0 Å². The maximum atomic E-state index is 12.0. The number of rotatable bonds is 5. The summed E-state index contributed by atoms with van der Waals surface area (Å²) < 4.78 is 15.2. The van der Waals surface area contributed by atoms with E-state index in [1.807, 2.05) is 6.07 Å². The highest BCUT2D eigenvalue weighted by atomic mass is 16.6. The molecule has 0 fully saturated rings. The van der Waals surface area contributed by atoms with Crippen LogP contribution in [0.3, 0.4) is 0 Å². The molecule has 1 aromatic rings. The highest BCUT2D eigenvalue weighted by molar-refractivity contribution is 5.73. The van der Waals surface area contributed by atoms with Crippen LogP contribution in [-0.4, -0.2) is 31.9 Å². The minimum absolute atomic E-state index is 0.0177. The third-order valence-electron chi connectivity index (χ3n) is 2.80. The third-order valence-corrected chi connectivity index (χ3v) is 2.80. The van der Waals surface area contributed by atoms with E-state index >= 15 is 0 Å². The summed E-state index contributed by atoms with van der Waals surface area (Å²) in [5, 5.41) is 2.69. The number of hydrogen-bond acceptors (Lipinski definition) is 5. The van der Waals surface area contributed by atoms with Gasteiger partial charge in [-0.05, 0) is 26.8 Å².